The van der Waals surface area contributed by atoms with Crippen molar-refractivity contribution in [3.63, 3.8) is 0 Å². The maximum absolute atomic E-state index is 9.79. The summed E-state index contributed by atoms with van der Waals surface area (Å²) in [5.74, 6) is 0.885. The normalized spacial score (nSPS) is 18.5. The summed E-state index contributed by atoms with van der Waals surface area (Å²) in [5, 5.41) is 17.8. The zero-order chi connectivity index (χ0) is 13.9. The molecule has 4 N–H and O–H groups in total. The van der Waals surface area contributed by atoms with Crippen LogP contribution in [0.4, 0.5) is 11.5 Å². The van der Waals surface area contributed by atoms with E-state index >= 15 is 0 Å². The van der Waals surface area contributed by atoms with Crippen LogP contribution < -0.4 is 11.1 Å². The van der Waals surface area contributed by atoms with Crippen molar-refractivity contribution < 1.29 is 5.11 Å². The molecule has 5 nitrogen and oxygen atoms in total. The average molecular weight is 266 g/mol. The first-order valence-corrected chi connectivity index (χ1v) is 7.34. The Hall–Kier alpha value is -1.23. The molecule has 1 aliphatic rings. The van der Waals surface area contributed by atoms with Crippen LogP contribution in [0.15, 0.2) is 0 Å². The van der Waals surface area contributed by atoms with E-state index in [0.717, 1.165) is 50.2 Å². The molecule has 0 spiro atoms. The first kappa shape index (κ1) is 14.2. The Morgan fingerprint density at radius 2 is 2.05 bits per heavy atom. The van der Waals surface area contributed by atoms with Crippen molar-refractivity contribution in [1.82, 2.24) is 9.78 Å². The Balaban J connectivity index is 2.25. The average Bonchev–Trinajstić information content (AvgIpc) is 2.68. The van der Waals surface area contributed by atoms with Crippen molar-refractivity contribution in [2.75, 3.05) is 17.7 Å². The number of rotatable bonds is 5. The van der Waals surface area contributed by atoms with Crippen molar-refractivity contribution >= 4 is 11.5 Å². The number of aryl methyl sites for hydroxylation is 2. The highest BCUT2D eigenvalue weighted by Gasteiger charge is 2.33. The summed E-state index contributed by atoms with van der Waals surface area (Å²) in [4.78, 5) is 0. The van der Waals surface area contributed by atoms with Gasteiger partial charge in [-0.25, -0.2) is 4.68 Å². The summed E-state index contributed by atoms with van der Waals surface area (Å²) in [6.45, 7) is 5.06. The number of aromatic nitrogens is 2. The Labute approximate surface area is 115 Å². The molecular weight excluding hydrogens is 240 g/mol. The van der Waals surface area contributed by atoms with Gasteiger partial charge in [-0.1, -0.05) is 26.2 Å². The van der Waals surface area contributed by atoms with Gasteiger partial charge < -0.3 is 16.2 Å². The standard InChI is InChI=1S/C14H26N4O/c1-3-9-18-13(12(15)11(2)17-18)16-14(10-19)7-5-4-6-8-14/h16,19H,3-10,15H2,1-2H3. The van der Waals surface area contributed by atoms with Gasteiger partial charge in [0, 0.05) is 6.54 Å². The van der Waals surface area contributed by atoms with Gasteiger partial charge in [-0.15, -0.1) is 0 Å². The lowest BCUT2D eigenvalue weighted by atomic mass is 9.82. The second-order valence-electron chi connectivity index (χ2n) is 5.69. The second kappa shape index (κ2) is 5.82. The highest BCUT2D eigenvalue weighted by molar-refractivity contribution is 5.65. The lowest BCUT2D eigenvalue weighted by molar-refractivity contribution is 0.172. The number of nitrogens with zero attached hydrogens (tertiary/aromatic N) is 2. The fourth-order valence-corrected chi connectivity index (χ4v) is 2.90. The second-order valence-corrected chi connectivity index (χ2v) is 5.69. The number of nitrogens with two attached hydrogens (primary N) is 1. The quantitative estimate of drug-likeness (QED) is 0.764. The molecule has 1 saturated carbocycles. The smallest absolute Gasteiger partial charge is 0.148 e. The van der Waals surface area contributed by atoms with Crippen molar-refractivity contribution in [1.29, 1.82) is 0 Å². The first-order chi connectivity index (χ1) is 9.12. The Morgan fingerprint density at radius 3 is 2.63 bits per heavy atom. The van der Waals surface area contributed by atoms with Gasteiger partial charge in [-0.2, -0.15) is 5.10 Å². The molecule has 2 rings (SSSR count). The van der Waals surface area contributed by atoms with E-state index in [1.165, 1.54) is 6.42 Å². The van der Waals surface area contributed by atoms with Crippen LogP contribution in [0.2, 0.25) is 0 Å². The van der Waals surface area contributed by atoms with Gasteiger partial charge in [-0.05, 0) is 26.2 Å². The number of hydrogen-bond donors (Lipinski definition) is 3. The molecule has 0 saturated heterocycles. The molecule has 19 heavy (non-hydrogen) atoms. The van der Waals surface area contributed by atoms with E-state index in [-0.39, 0.29) is 12.1 Å². The van der Waals surface area contributed by atoms with Crippen molar-refractivity contribution in [2.24, 2.45) is 0 Å². The SMILES string of the molecule is CCCn1nc(C)c(N)c1NC1(CO)CCCCC1. The van der Waals surface area contributed by atoms with Crippen molar-refractivity contribution in [3.05, 3.63) is 5.69 Å². The van der Waals surface area contributed by atoms with Crippen LogP contribution in [0.25, 0.3) is 0 Å². The summed E-state index contributed by atoms with van der Waals surface area (Å²) >= 11 is 0. The predicted molar refractivity (Wildman–Crippen MR) is 78.2 cm³/mol. The van der Waals surface area contributed by atoms with Gasteiger partial charge in [0.1, 0.15) is 5.82 Å². The van der Waals surface area contributed by atoms with Gasteiger partial charge in [0.2, 0.25) is 0 Å². The van der Waals surface area contributed by atoms with Crippen LogP contribution in [0, 0.1) is 6.92 Å². The minimum atomic E-state index is -0.218. The molecular formula is C14H26N4O. The summed E-state index contributed by atoms with van der Waals surface area (Å²) in [7, 11) is 0. The summed E-state index contributed by atoms with van der Waals surface area (Å²) < 4.78 is 1.94. The fraction of sp³-hybridized carbons (Fsp3) is 0.786. The summed E-state index contributed by atoms with van der Waals surface area (Å²) in [6.07, 6.45) is 6.59. The van der Waals surface area contributed by atoms with E-state index in [9.17, 15) is 5.11 Å². The van der Waals surface area contributed by atoms with Gasteiger partial charge >= 0.3 is 0 Å². The molecule has 0 aromatic carbocycles. The number of aliphatic hydroxyl groups is 1. The monoisotopic (exact) mass is 266 g/mol. The molecule has 108 valence electrons. The maximum Gasteiger partial charge on any atom is 0.148 e. The highest BCUT2D eigenvalue weighted by atomic mass is 16.3. The molecule has 1 aromatic heterocycles. The molecule has 0 amide bonds. The van der Waals surface area contributed by atoms with E-state index in [1.807, 2.05) is 11.6 Å². The minimum absolute atomic E-state index is 0.156. The van der Waals surface area contributed by atoms with E-state index in [4.69, 9.17) is 5.73 Å². The number of nitrogen functional groups attached to an aromatic ring is 1. The van der Waals surface area contributed by atoms with Crippen molar-refractivity contribution in [2.45, 2.75) is 64.5 Å². The molecule has 1 aliphatic carbocycles. The van der Waals surface area contributed by atoms with Gasteiger partial charge in [-0.3, -0.25) is 0 Å². The number of hydrogen-bond acceptors (Lipinski definition) is 4. The first-order valence-electron chi connectivity index (χ1n) is 7.34. The lowest BCUT2D eigenvalue weighted by Crippen LogP contribution is -2.44. The van der Waals surface area contributed by atoms with Crippen LogP contribution in [-0.2, 0) is 6.54 Å². The van der Waals surface area contributed by atoms with Crippen LogP contribution in [0.5, 0.6) is 0 Å². The number of anilines is 2. The van der Waals surface area contributed by atoms with Crippen molar-refractivity contribution in [3.8, 4) is 0 Å². The van der Waals surface area contributed by atoms with E-state index < -0.39 is 0 Å². The van der Waals surface area contributed by atoms with Crippen LogP contribution >= 0.6 is 0 Å². The number of aliphatic hydroxyl groups excluding tert-OH is 1. The molecule has 0 unspecified atom stereocenters. The van der Waals surface area contributed by atoms with Gasteiger partial charge in [0.05, 0.1) is 23.5 Å². The van der Waals surface area contributed by atoms with E-state index in [1.54, 1.807) is 0 Å². The fourth-order valence-electron chi connectivity index (χ4n) is 2.90. The predicted octanol–water partition coefficient (Wildman–Crippen LogP) is 2.29. The summed E-state index contributed by atoms with van der Waals surface area (Å²) in [6, 6.07) is 0. The molecule has 1 fully saturated rings. The third kappa shape index (κ3) is 2.86. The molecule has 1 aromatic rings. The van der Waals surface area contributed by atoms with Crippen LogP contribution in [0.1, 0.15) is 51.1 Å². The zero-order valence-electron chi connectivity index (χ0n) is 12.1. The van der Waals surface area contributed by atoms with E-state index in [0.29, 0.717) is 5.69 Å². The molecule has 0 bridgehead atoms. The summed E-state index contributed by atoms with van der Waals surface area (Å²) in [5.41, 5.74) is 7.49. The largest absolute Gasteiger partial charge is 0.394 e. The van der Waals surface area contributed by atoms with Crippen LogP contribution in [0.3, 0.4) is 0 Å². The third-order valence-electron chi connectivity index (χ3n) is 4.11. The zero-order valence-corrected chi connectivity index (χ0v) is 12.1. The molecule has 5 heteroatoms. The maximum atomic E-state index is 9.79. The lowest BCUT2D eigenvalue weighted by Gasteiger charge is -2.37. The van der Waals surface area contributed by atoms with Gasteiger partial charge in [0.15, 0.2) is 0 Å². The van der Waals surface area contributed by atoms with Crippen LogP contribution in [-0.4, -0.2) is 27.0 Å². The van der Waals surface area contributed by atoms with Gasteiger partial charge in [0.25, 0.3) is 0 Å². The minimum Gasteiger partial charge on any atom is -0.394 e. The molecule has 0 radical (unpaired) electrons. The molecule has 0 aliphatic heterocycles. The third-order valence-corrected chi connectivity index (χ3v) is 4.11. The van der Waals surface area contributed by atoms with E-state index in [2.05, 4.69) is 17.3 Å². The topological polar surface area (TPSA) is 76.1 Å². The Morgan fingerprint density at radius 1 is 1.37 bits per heavy atom. The number of nitrogens with one attached hydrogen (secondary N) is 1. The molecule has 1 heterocycles. The Kier molecular flexibility index (Phi) is 4.34. The Bertz CT molecular complexity index is 421. The molecule has 0 atom stereocenters. The highest BCUT2D eigenvalue weighted by Crippen LogP contribution is 2.34.